The molecule has 1 amide bonds. The van der Waals surface area contributed by atoms with Gasteiger partial charge in [-0.1, -0.05) is 30.3 Å². The number of carbonyl (C=O) groups excluding carboxylic acids is 2. The number of carboxylic acids is 1. The summed E-state index contributed by atoms with van der Waals surface area (Å²) in [5.74, 6) is -0.851. The molecule has 0 fully saturated rings. The fourth-order valence-electron chi connectivity index (χ4n) is 2.82. The first kappa shape index (κ1) is 22.7. The first-order valence-electron chi connectivity index (χ1n) is 9.40. The molecule has 2 aromatic carbocycles. The lowest BCUT2D eigenvalue weighted by Crippen LogP contribution is -2.41. The lowest BCUT2D eigenvalue weighted by Gasteiger charge is -2.19. The Morgan fingerprint density at radius 2 is 1.80 bits per heavy atom. The molecular weight excluding hydrogens is 388 g/mol. The second kappa shape index (κ2) is 10.8. The number of amides is 1. The van der Waals surface area contributed by atoms with Gasteiger partial charge in [-0.05, 0) is 24.1 Å². The van der Waals surface area contributed by atoms with Crippen molar-refractivity contribution in [3.8, 4) is 5.75 Å². The number of carboxylic acid groups (broad SMARTS) is 1. The Labute approximate surface area is 175 Å². The van der Waals surface area contributed by atoms with Crippen LogP contribution in [-0.4, -0.2) is 50.2 Å². The molecule has 30 heavy (non-hydrogen) atoms. The van der Waals surface area contributed by atoms with Crippen LogP contribution in [-0.2, 0) is 16.1 Å². The van der Waals surface area contributed by atoms with Crippen LogP contribution < -0.4 is 15.0 Å². The molecule has 8 heteroatoms. The van der Waals surface area contributed by atoms with Crippen LogP contribution in [0.25, 0.3) is 0 Å². The number of Topliss-reactive ketones (excluding diaryl/α,β-unsaturated/α-hetero) is 1. The number of hydrogen-bond donors (Lipinski definition) is 2. The minimum absolute atomic E-state index is 0.0238. The van der Waals surface area contributed by atoms with Crippen LogP contribution in [0.4, 0.5) is 10.5 Å². The number of anilines is 1. The van der Waals surface area contributed by atoms with E-state index >= 15 is 0 Å². The highest BCUT2D eigenvalue weighted by molar-refractivity contribution is 6.01. The number of ether oxygens (including phenoxy) is 2. The number of nitrogens with one attached hydrogen (secondary N) is 1. The topological polar surface area (TPSA) is 105 Å². The van der Waals surface area contributed by atoms with Gasteiger partial charge in [0.15, 0.2) is 5.78 Å². The Morgan fingerprint density at radius 3 is 2.40 bits per heavy atom. The number of nitrogens with zero attached hydrogens (tertiary/aromatic N) is 1. The van der Waals surface area contributed by atoms with E-state index in [2.05, 4.69) is 5.32 Å². The van der Waals surface area contributed by atoms with E-state index in [0.717, 1.165) is 5.56 Å². The molecule has 0 radical (unpaired) electrons. The molecule has 160 valence electrons. The molecule has 0 bridgehead atoms. The van der Waals surface area contributed by atoms with Crippen LogP contribution in [0.5, 0.6) is 5.75 Å². The number of ketones is 1. The Balaban J connectivity index is 1.96. The molecule has 2 N–H and O–H groups in total. The summed E-state index contributed by atoms with van der Waals surface area (Å²) in [7, 11) is 5.14. The molecule has 2 rings (SSSR count). The van der Waals surface area contributed by atoms with Gasteiger partial charge in [0.2, 0.25) is 0 Å². The van der Waals surface area contributed by atoms with Gasteiger partial charge in [0.25, 0.3) is 0 Å². The van der Waals surface area contributed by atoms with E-state index in [0.29, 0.717) is 17.0 Å². The number of methoxy groups -OCH3 is 1. The van der Waals surface area contributed by atoms with Gasteiger partial charge in [-0.2, -0.15) is 0 Å². The van der Waals surface area contributed by atoms with E-state index in [1.807, 2.05) is 18.2 Å². The highest BCUT2D eigenvalue weighted by Gasteiger charge is 2.23. The predicted molar refractivity (Wildman–Crippen MR) is 112 cm³/mol. The monoisotopic (exact) mass is 414 g/mol. The number of alkyl carbamates (subject to hydrolysis) is 1. The van der Waals surface area contributed by atoms with E-state index in [1.165, 1.54) is 7.11 Å². The van der Waals surface area contributed by atoms with Crippen molar-refractivity contribution in [2.45, 2.75) is 25.5 Å². The summed E-state index contributed by atoms with van der Waals surface area (Å²) in [6.45, 7) is 0.0238. The smallest absolute Gasteiger partial charge is 0.408 e. The van der Waals surface area contributed by atoms with Gasteiger partial charge >= 0.3 is 12.1 Å². The van der Waals surface area contributed by atoms with Gasteiger partial charge in [0.1, 0.15) is 18.4 Å². The maximum Gasteiger partial charge on any atom is 0.408 e. The Morgan fingerprint density at radius 1 is 1.10 bits per heavy atom. The largest absolute Gasteiger partial charge is 0.497 e. The first-order chi connectivity index (χ1) is 14.3. The van der Waals surface area contributed by atoms with Crippen LogP contribution >= 0.6 is 0 Å². The second-order valence-corrected chi connectivity index (χ2v) is 6.84. The molecule has 1 atom stereocenters. The minimum Gasteiger partial charge on any atom is -0.497 e. The third-order valence-corrected chi connectivity index (χ3v) is 4.45. The van der Waals surface area contributed by atoms with Gasteiger partial charge < -0.3 is 24.8 Å². The normalized spacial score (nSPS) is 11.3. The van der Waals surface area contributed by atoms with Crippen molar-refractivity contribution in [2.24, 2.45) is 0 Å². The van der Waals surface area contributed by atoms with E-state index < -0.39 is 18.1 Å². The SMILES string of the molecule is COc1ccc(C(=O)CCC(NC(=O)OCc2ccccc2)C(=O)O)c(N(C)C)c1. The van der Waals surface area contributed by atoms with Crippen molar-refractivity contribution >= 4 is 23.5 Å². The van der Waals surface area contributed by atoms with Crippen molar-refractivity contribution in [2.75, 3.05) is 26.1 Å². The number of aliphatic carboxylic acids is 1. The molecule has 0 aliphatic rings. The highest BCUT2D eigenvalue weighted by atomic mass is 16.5. The van der Waals surface area contributed by atoms with Gasteiger partial charge in [0.05, 0.1) is 12.8 Å². The molecule has 0 heterocycles. The molecule has 0 saturated heterocycles. The Bertz CT molecular complexity index is 882. The average Bonchev–Trinajstić information content (AvgIpc) is 2.74. The zero-order chi connectivity index (χ0) is 22.1. The molecule has 0 aliphatic carbocycles. The van der Waals surface area contributed by atoms with E-state index in [-0.39, 0.29) is 25.2 Å². The van der Waals surface area contributed by atoms with Gasteiger partial charge in [0, 0.05) is 32.1 Å². The van der Waals surface area contributed by atoms with Crippen LogP contribution in [0, 0.1) is 0 Å². The Kier molecular flexibility index (Phi) is 8.22. The molecule has 0 aromatic heterocycles. The van der Waals surface area contributed by atoms with Crippen molar-refractivity contribution in [1.29, 1.82) is 0 Å². The first-order valence-corrected chi connectivity index (χ1v) is 9.40. The van der Waals surface area contributed by atoms with E-state index in [9.17, 15) is 19.5 Å². The molecule has 0 saturated carbocycles. The van der Waals surface area contributed by atoms with Gasteiger partial charge in [-0.3, -0.25) is 4.79 Å². The van der Waals surface area contributed by atoms with Crippen molar-refractivity contribution in [1.82, 2.24) is 5.32 Å². The highest BCUT2D eigenvalue weighted by Crippen LogP contribution is 2.26. The molecule has 0 aliphatic heterocycles. The molecule has 1 unspecified atom stereocenters. The van der Waals surface area contributed by atoms with Gasteiger partial charge in [-0.15, -0.1) is 0 Å². The lowest BCUT2D eigenvalue weighted by atomic mass is 10.0. The summed E-state index contributed by atoms with van der Waals surface area (Å²) in [5, 5.41) is 11.7. The standard InChI is InChI=1S/C22H26N2O6/c1-24(2)19-13-16(29-3)9-10-17(19)20(25)12-11-18(21(26)27)23-22(28)30-14-15-7-5-4-6-8-15/h4-10,13,18H,11-12,14H2,1-3H3,(H,23,28)(H,26,27). The summed E-state index contributed by atoms with van der Waals surface area (Å²) in [4.78, 5) is 37.9. The predicted octanol–water partition coefficient (Wildman–Crippen LogP) is 3.10. The van der Waals surface area contributed by atoms with Crippen LogP contribution in [0.1, 0.15) is 28.8 Å². The third kappa shape index (κ3) is 6.51. The fourth-order valence-corrected chi connectivity index (χ4v) is 2.82. The molecular formula is C22H26N2O6. The molecule has 0 spiro atoms. The van der Waals surface area contributed by atoms with E-state index in [1.54, 1.807) is 49.3 Å². The fraction of sp³-hybridized carbons (Fsp3) is 0.318. The van der Waals surface area contributed by atoms with E-state index in [4.69, 9.17) is 9.47 Å². The maximum atomic E-state index is 12.7. The summed E-state index contributed by atoms with van der Waals surface area (Å²) >= 11 is 0. The molecule has 8 nitrogen and oxygen atoms in total. The zero-order valence-corrected chi connectivity index (χ0v) is 17.3. The zero-order valence-electron chi connectivity index (χ0n) is 17.3. The second-order valence-electron chi connectivity index (χ2n) is 6.84. The van der Waals surface area contributed by atoms with Gasteiger partial charge in [-0.25, -0.2) is 9.59 Å². The van der Waals surface area contributed by atoms with Crippen LogP contribution in [0.15, 0.2) is 48.5 Å². The number of carbonyl (C=O) groups is 3. The van der Waals surface area contributed by atoms with Crippen molar-refractivity contribution < 1.29 is 29.0 Å². The summed E-state index contributed by atoms with van der Waals surface area (Å²) < 4.78 is 10.2. The number of rotatable bonds is 10. The molecule has 2 aromatic rings. The third-order valence-electron chi connectivity index (χ3n) is 4.45. The van der Waals surface area contributed by atoms with Crippen molar-refractivity contribution in [3.63, 3.8) is 0 Å². The van der Waals surface area contributed by atoms with Crippen molar-refractivity contribution in [3.05, 3.63) is 59.7 Å². The number of benzene rings is 2. The summed E-state index contributed by atoms with van der Waals surface area (Å²) in [5.41, 5.74) is 1.91. The Hall–Kier alpha value is -3.55. The number of hydrogen-bond acceptors (Lipinski definition) is 6. The lowest BCUT2D eigenvalue weighted by molar-refractivity contribution is -0.139. The average molecular weight is 414 g/mol. The summed E-state index contributed by atoms with van der Waals surface area (Å²) in [6, 6.07) is 12.9. The minimum atomic E-state index is -1.24. The maximum absolute atomic E-state index is 12.7. The van der Waals surface area contributed by atoms with Crippen LogP contribution in [0.3, 0.4) is 0 Å². The summed E-state index contributed by atoms with van der Waals surface area (Å²) in [6.07, 6.45) is -0.964. The van der Waals surface area contributed by atoms with Crippen LogP contribution in [0.2, 0.25) is 0 Å². The quantitative estimate of drug-likeness (QED) is 0.576.